The number of fused-ring (bicyclic) bond motifs is 1. The topological polar surface area (TPSA) is 60.0 Å². The van der Waals surface area contributed by atoms with E-state index in [1.54, 1.807) is 12.1 Å². The number of aromatic nitrogens is 1. The summed E-state index contributed by atoms with van der Waals surface area (Å²) in [6.45, 7) is 4.23. The van der Waals surface area contributed by atoms with Gasteiger partial charge >= 0.3 is 0 Å². The highest BCUT2D eigenvalue weighted by Crippen LogP contribution is 2.31. The molecule has 0 saturated heterocycles. The molecule has 0 saturated carbocycles. The maximum absolute atomic E-state index is 11.6. The summed E-state index contributed by atoms with van der Waals surface area (Å²) in [6, 6.07) is 3.60. The maximum atomic E-state index is 11.6. The van der Waals surface area contributed by atoms with Crippen LogP contribution in [0.1, 0.15) is 35.7 Å². The number of carbonyl (C=O) groups is 1. The van der Waals surface area contributed by atoms with Gasteiger partial charge in [-0.3, -0.25) is 10.2 Å². The van der Waals surface area contributed by atoms with Crippen LogP contribution in [0.2, 0.25) is 5.02 Å². The third-order valence-corrected chi connectivity index (χ3v) is 3.42. The number of hydrogen-bond donors (Lipinski definition) is 2. The molecule has 1 aromatic heterocycles. The molecule has 1 heterocycles. The molecule has 4 nitrogen and oxygen atoms in total. The number of nitrogens with zero attached hydrogens (tertiary/aromatic N) is 1. The fraction of sp³-hybridized carbons (Fsp3) is 0.308. The van der Waals surface area contributed by atoms with Gasteiger partial charge in [0, 0.05) is 24.1 Å². The van der Waals surface area contributed by atoms with Gasteiger partial charge in [0.1, 0.15) is 0 Å². The molecule has 2 aromatic rings. The first-order chi connectivity index (χ1) is 8.45. The SMILES string of the molecule is CC(C)c1cn(C)c2cc(Cl)c(C(=O)NN)cc12. The summed E-state index contributed by atoms with van der Waals surface area (Å²) in [5.74, 6) is 5.16. The Bertz CT molecular complexity index is 616. The highest BCUT2D eigenvalue weighted by molar-refractivity contribution is 6.34. The number of hydrogen-bond acceptors (Lipinski definition) is 2. The van der Waals surface area contributed by atoms with Crippen LogP contribution < -0.4 is 11.3 Å². The van der Waals surface area contributed by atoms with Crippen molar-refractivity contribution < 1.29 is 4.79 Å². The lowest BCUT2D eigenvalue weighted by atomic mass is 10.0. The summed E-state index contributed by atoms with van der Waals surface area (Å²) in [4.78, 5) is 11.6. The number of nitrogen functional groups attached to an aromatic ring is 1. The molecule has 1 aromatic carbocycles. The van der Waals surface area contributed by atoms with E-state index in [1.165, 1.54) is 5.56 Å². The minimum Gasteiger partial charge on any atom is -0.350 e. The third-order valence-electron chi connectivity index (χ3n) is 3.11. The lowest BCUT2D eigenvalue weighted by Crippen LogP contribution is -2.30. The fourth-order valence-electron chi connectivity index (χ4n) is 2.15. The third kappa shape index (κ3) is 1.98. The van der Waals surface area contributed by atoms with E-state index in [1.807, 2.05) is 11.6 Å². The molecule has 18 heavy (non-hydrogen) atoms. The van der Waals surface area contributed by atoms with Crippen LogP contribution in [0.4, 0.5) is 0 Å². The largest absolute Gasteiger partial charge is 0.350 e. The van der Waals surface area contributed by atoms with Gasteiger partial charge in [-0.15, -0.1) is 0 Å². The second kappa shape index (κ2) is 4.63. The van der Waals surface area contributed by atoms with Gasteiger partial charge < -0.3 is 4.57 Å². The van der Waals surface area contributed by atoms with Gasteiger partial charge in [-0.2, -0.15) is 0 Å². The number of nitrogens with two attached hydrogens (primary N) is 1. The molecular weight excluding hydrogens is 250 g/mol. The van der Waals surface area contributed by atoms with Crippen LogP contribution in [0.3, 0.4) is 0 Å². The number of aryl methyl sites for hydroxylation is 1. The van der Waals surface area contributed by atoms with Crippen molar-refractivity contribution in [3.05, 3.63) is 34.5 Å². The fourth-order valence-corrected chi connectivity index (χ4v) is 2.39. The normalized spacial score (nSPS) is 11.2. The Kier molecular flexibility index (Phi) is 3.32. The Morgan fingerprint density at radius 3 is 2.67 bits per heavy atom. The van der Waals surface area contributed by atoms with Crippen molar-refractivity contribution >= 4 is 28.4 Å². The molecular formula is C13H16ClN3O. The zero-order chi connectivity index (χ0) is 13.4. The summed E-state index contributed by atoms with van der Waals surface area (Å²) in [5.41, 5.74) is 4.72. The van der Waals surface area contributed by atoms with Gasteiger partial charge in [-0.25, -0.2) is 5.84 Å². The smallest absolute Gasteiger partial charge is 0.266 e. The average Bonchev–Trinajstić information content (AvgIpc) is 2.65. The van der Waals surface area contributed by atoms with E-state index in [2.05, 4.69) is 25.5 Å². The number of hydrazine groups is 1. The molecule has 0 unspecified atom stereocenters. The van der Waals surface area contributed by atoms with Gasteiger partial charge in [-0.1, -0.05) is 25.4 Å². The van der Waals surface area contributed by atoms with Crippen molar-refractivity contribution in [1.29, 1.82) is 0 Å². The standard InChI is InChI=1S/C13H16ClN3O/c1-7(2)10-6-17(3)12-5-11(14)9(4-8(10)12)13(18)16-15/h4-7H,15H2,1-3H3,(H,16,18). The first-order valence-electron chi connectivity index (χ1n) is 5.75. The summed E-state index contributed by atoms with van der Waals surface area (Å²) in [5, 5.41) is 1.44. The molecule has 0 aliphatic rings. The van der Waals surface area contributed by atoms with E-state index in [0.717, 1.165) is 10.9 Å². The lowest BCUT2D eigenvalue weighted by Gasteiger charge is -2.06. The number of benzene rings is 1. The monoisotopic (exact) mass is 265 g/mol. The van der Waals surface area contributed by atoms with E-state index >= 15 is 0 Å². The Morgan fingerprint density at radius 2 is 2.11 bits per heavy atom. The van der Waals surface area contributed by atoms with E-state index < -0.39 is 0 Å². The predicted molar refractivity (Wildman–Crippen MR) is 73.7 cm³/mol. The van der Waals surface area contributed by atoms with Crippen molar-refractivity contribution in [2.75, 3.05) is 0 Å². The molecule has 0 radical (unpaired) electrons. The van der Waals surface area contributed by atoms with Gasteiger partial charge in [0.05, 0.1) is 10.6 Å². The van der Waals surface area contributed by atoms with Gasteiger partial charge in [0.2, 0.25) is 0 Å². The first kappa shape index (κ1) is 12.9. The summed E-state index contributed by atoms with van der Waals surface area (Å²) < 4.78 is 2.01. The minimum atomic E-state index is -0.375. The molecule has 2 rings (SSSR count). The molecule has 3 N–H and O–H groups in total. The van der Waals surface area contributed by atoms with E-state index in [-0.39, 0.29) is 5.91 Å². The van der Waals surface area contributed by atoms with Crippen LogP contribution in [-0.2, 0) is 7.05 Å². The molecule has 0 atom stereocenters. The Labute approximate surface area is 111 Å². The number of rotatable bonds is 2. The minimum absolute atomic E-state index is 0.375. The zero-order valence-electron chi connectivity index (χ0n) is 10.6. The van der Waals surface area contributed by atoms with E-state index in [9.17, 15) is 4.79 Å². The van der Waals surface area contributed by atoms with Crippen molar-refractivity contribution in [2.45, 2.75) is 19.8 Å². The van der Waals surface area contributed by atoms with Crippen molar-refractivity contribution in [3.63, 3.8) is 0 Å². The van der Waals surface area contributed by atoms with Gasteiger partial charge in [-0.05, 0) is 23.6 Å². The number of halogens is 1. The summed E-state index contributed by atoms with van der Waals surface area (Å²) in [6.07, 6.45) is 2.07. The molecule has 0 fully saturated rings. The van der Waals surface area contributed by atoms with E-state index in [4.69, 9.17) is 17.4 Å². The molecule has 5 heteroatoms. The molecule has 1 amide bonds. The summed E-state index contributed by atoms with van der Waals surface area (Å²) in [7, 11) is 1.97. The maximum Gasteiger partial charge on any atom is 0.266 e. The lowest BCUT2D eigenvalue weighted by molar-refractivity contribution is 0.0954. The number of carbonyl (C=O) groups excluding carboxylic acids is 1. The number of nitrogens with one attached hydrogen (secondary N) is 1. The van der Waals surface area contributed by atoms with Crippen LogP contribution in [0.15, 0.2) is 18.3 Å². The Balaban J connectivity index is 2.75. The van der Waals surface area contributed by atoms with Crippen molar-refractivity contribution in [3.8, 4) is 0 Å². The Hall–Kier alpha value is -1.52. The van der Waals surface area contributed by atoms with Crippen LogP contribution in [0.5, 0.6) is 0 Å². The van der Waals surface area contributed by atoms with Gasteiger partial charge in [0.15, 0.2) is 0 Å². The highest BCUT2D eigenvalue weighted by atomic mass is 35.5. The second-order valence-corrected chi connectivity index (χ2v) is 5.08. The van der Waals surface area contributed by atoms with Crippen LogP contribution in [0.25, 0.3) is 10.9 Å². The van der Waals surface area contributed by atoms with Crippen molar-refractivity contribution in [2.24, 2.45) is 12.9 Å². The van der Waals surface area contributed by atoms with E-state index in [0.29, 0.717) is 16.5 Å². The number of amides is 1. The van der Waals surface area contributed by atoms with Crippen molar-refractivity contribution in [1.82, 2.24) is 9.99 Å². The first-order valence-corrected chi connectivity index (χ1v) is 6.13. The Morgan fingerprint density at radius 1 is 1.44 bits per heavy atom. The molecule has 96 valence electrons. The predicted octanol–water partition coefficient (Wildman–Crippen LogP) is 2.56. The highest BCUT2D eigenvalue weighted by Gasteiger charge is 2.16. The zero-order valence-corrected chi connectivity index (χ0v) is 11.4. The molecule has 0 bridgehead atoms. The van der Waals surface area contributed by atoms with Crippen LogP contribution in [0, 0.1) is 0 Å². The van der Waals surface area contributed by atoms with Crippen LogP contribution in [-0.4, -0.2) is 10.5 Å². The summed E-state index contributed by atoms with van der Waals surface area (Å²) >= 11 is 6.11. The average molecular weight is 266 g/mol. The van der Waals surface area contributed by atoms with Gasteiger partial charge in [0.25, 0.3) is 5.91 Å². The molecule has 0 aliphatic heterocycles. The second-order valence-electron chi connectivity index (χ2n) is 4.67. The molecule has 0 aliphatic carbocycles. The van der Waals surface area contributed by atoms with Crippen LogP contribution >= 0.6 is 11.6 Å². The quantitative estimate of drug-likeness (QED) is 0.498. The molecule has 0 spiro atoms.